The molecule has 1 amide bonds. The molecule has 1 aromatic carbocycles. The Hall–Kier alpha value is -1.46. The summed E-state index contributed by atoms with van der Waals surface area (Å²) in [5, 5.41) is 4.14. The predicted molar refractivity (Wildman–Crippen MR) is 87.6 cm³/mol. The Balaban J connectivity index is 2.09. The molecule has 1 heterocycles. The lowest BCUT2D eigenvalue weighted by Crippen LogP contribution is -2.19. The van der Waals surface area contributed by atoms with E-state index >= 15 is 0 Å². The minimum Gasteiger partial charge on any atom is -0.267 e. The number of halogens is 1. The summed E-state index contributed by atoms with van der Waals surface area (Å²) in [6.45, 7) is 5.89. The fraction of sp³-hybridized carbons (Fsp3) is 0.200. The van der Waals surface area contributed by atoms with E-state index in [9.17, 15) is 4.79 Å². The van der Waals surface area contributed by atoms with Crippen molar-refractivity contribution in [2.75, 3.05) is 0 Å². The summed E-state index contributed by atoms with van der Waals surface area (Å²) in [5.41, 5.74) is 6.27. The van der Waals surface area contributed by atoms with Crippen LogP contribution in [-0.4, -0.2) is 11.6 Å². The molecule has 1 aromatic heterocycles. The maximum Gasteiger partial charge on any atom is 0.271 e. The Labute approximate surface area is 130 Å². The number of benzene rings is 1. The number of rotatable bonds is 3. The highest BCUT2D eigenvalue weighted by Gasteiger charge is 2.07. The summed E-state index contributed by atoms with van der Waals surface area (Å²) in [6, 6.07) is 9.55. The molecule has 0 aliphatic heterocycles. The fourth-order valence-corrected chi connectivity index (χ4v) is 2.98. The molecule has 0 radical (unpaired) electrons. The summed E-state index contributed by atoms with van der Waals surface area (Å²) < 4.78 is 1.04. The molecular weight excluding hydrogens is 336 g/mol. The van der Waals surface area contributed by atoms with Crippen LogP contribution in [0.5, 0.6) is 0 Å². The molecule has 20 heavy (non-hydrogen) atoms. The van der Waals surface area contributed by atoms with Gasteiger partial charge in [0.25, 0.3) is 5.91 Å². The third-order valence-electron chi connectivity index (χ3n) is 3.02. The molecule has 0 aliphatic rings. The highest BCUT2D eigenvalue weighted by molar-refractivity contribution is 9.11. The second-order valence-electron chi connectivity index (χ2n) is 4.54. The monoisotopic (exact) mass is 350 g/mol. The molecule has 2 rings (SSSR count). The van der Waals surface area contributed by atoms with Gasteiger partial charge < -0.3 is 0 Å². The van der Waals surface area contributed by atoms with Crippen molar-refractivity contribution in [1.82, 2.24) is 5.43 Å². The van der Waals surface area contributed by atoms with Gasteiger partial charge in [0.15, 0.2) is 0 Å². The highest BCUT2D eigenvalue weighted by Crippen LogP contribution is 2.22. The molecule has 0 atom stereocenters. The molecule has 0 saturated carbocycles. The fourth-order valence-electron chi connectivity index (χ4n) is 1.65. The molecule has 5 heteroatoms. The quantitative estimate of drug-likeness (QED) is 0.651. The van der Waals surface area contributed by atoms with E-state index in [0.717, 1.165) is 19.9 Å². The first-order chi connectivity index (χ1) is 9.47. The van der Waals surface area contributed by atoms with Crippen LogP contribution in [0.4, 0.5) is 0 Å². The van der Waals surface area contributed by atoms with Crippen LogP contribution in [0.15, 0.2) is 39.2 Å². The summed E-state index contributed by atoms with van der Waals surface area (Å²) >= 11 is 4.99. The number of amides is 1. The average Bonchev–Trinajstić information content (AvgIpc) is 2.85. The van der Waals surface area contributed by atoms with Gasteiger partial charge in [0.05, 0.1) is 14.4 Å². The van der Waals surface area contributed by atoms with Crippen molar-refractivity contribution in [2.24, 2.45) is 5.10 Å². The zero-order chi connectivity index (χ0) is 14.7. The molecule has 0 bridgehead atoms. The zero-order valence-corrected chi connectivity index (χ0v) is 13.9. The molecule has 3 nitrogen and oxygen atoms in total. The smallest absolute Gasteiger partial charge is 0.267 e. The van der Waals surface area contributed by atoms with Crippen LogP contribution in [0.3, 0.4) is 0 Å². The SMILES string of the molecule is CC(=NNC(=O)c1ccc(C)c(C)c1)c1ccc(Br)s1. The minimum absolute atomic E-state index is 0.192. The predicted octanol–water partition coefficient (Wildman–Crippen LogP) is 4.28. The maximum absolute atomic E-state index is 12.0. The van der Waals surface area contributed by atoms with Gasteiger partial charge in [-0.2, -0.15) is 5.10 Å². The van der Waals surface area contributed by atoms with E-state index in [-0.39, 0.29) is 5.91 Å². The van der Waals surface area contributed by atoms with Gasteiger partial charge in [-0.15, -0.1) is 11.3 Å². The number of hydrogen-bond acceptors (Lipinski definition) is 3. The van der Waals surface area contributed by atoms with E-state index in [1.165, 1.54) is 5.56 Å². The summed E-state index contributed by atoms with van der Waals surface area (Å²) in [6.07, 6.45) is 0. The lowest BCUT2D eigenvalue weighted by atomic mass is 10.1. The molecule has 0 unspecified atom stereocenters. The standard InChI is InChI=1S/C15H15BrN2OS/c1-9-4-5-12(8-10(9)2)15(19)18-17-11(3)13-6-7-14(16)20-13/h4-8H,1-3H3,(H,18,19). The number of hydrazone groups is 1. The number of thiophene rings is 1. The third kappa shape index (κ3) is 3.55. The van der Waals surface area contributed by atoms with Crippen LogP contribution in [-0.2, 0) is 0 Å². The first-order valence-electron chi connectivity index (χ1n) is 6.15. The summed E-state index contributed by atoms with van der Waals surface area (Å²) in [5.74, 6) is -0.192. The van der Waals surface area contributed by atoms with E-state index in [2.05, 4.69) is 26.5 Å². The van der Waals surface area contributed by atoms with Crippen molar-refractivity contribution in [2.45, 2.75) is 20.8 Å². The van der Waals surface area contributed by atoms with Gasteiger partial charge in [0.1, 0.15) is 0 Å². The normalized spacial score (nSPS) is 11.5. The Bertz CT molecular complexity index is 676. The number of nitrogens with one attached hydrogen (secondary N) is 1. The first-order valence-corrected chi connectivity index (χ1v) is 7.76. The molecule has 2 aromatic rings. The molecule has 0 aliphatic carbocycles. The van der Waals surface area contributed by atoms with E-state index in [0.29, 0.717) is 5.56 Å². The van der Waals surface area contributed by atoms with E-state index < -0.39 is 0 Å². The summed E-state index contributed by atoms with van der Waals surface area (Å²) in [7, 11) is 0. The number of aryl methyl sites for hydroxylation is 2. The van der Waals surface area contributed by atoms with E-state index in [1.54, 1.807) is 11.3 Å². The van der Waals surface area contributed by atoms with Crippen LogP contribution in [0.2, 0.25) is 0 Å². The zero-order valence-electron chi connectivity index (χ0n) is 11.5. The van der Waals surface area contributed by atoms with Gasteiger partial charge in [-0.1, -0.05) is 6.07 Å². The molecule has 0 fully saturated rings. The average molecular weight is 351 g/mol. The number of carbonyl (C=O) groups excluding carboxylic acids is 1. The van der Waals surface area contributed by atoms with Gasteiger partial charge >= 0.3 is 0 Å². The largest absolute Gasteiger partial charge is 0.271 e. The van der Waals surface area contributed by atoms with Gasteiger partial charge in [-0.25, -0.2) is 5.43 Å². The molecule has 104 valence electrons. The maximum atomic E-state index is 12.0. The second kappa shape index (κ2) is 6.33. The Morgan fingerprint density at radius 1 is 1.20 bits per heavy atom. The van der Waals surface area contributed by atoms with Crippen molar-refractivity contribution < 1.29 is 4.79 Å². The van der Waals surface area contributed by atoms with Gasteiger partial charge in [0, 0.05) is 5.56 Å². The highest BCUT2D eigenvalue weighted by atomic mass is 79.9. The topological polar surface area (TPSA) is 41.5 Å². The lowest BCUT2D eigenvalue weighted by molar-refractivity contribution is 0.0955. The number of carbonyl (C=O) groups is 1. The van der Waals surface area contributed by atoms with Crippen LogP contribution in [0.25, 0.3) is 0 Å². The van der Waals surface area contributed by atoms with Crippen molar-refractivity contribution >= 4 is 38.9 Å². The number of hydrogen-bond donors (Lipinski definition) is 1. The number of nitrogens with zero attached hydrogens (tertiary/aromatic N) is 1. The Kier molecular flexibility index (Phi) is 4.73. The van der Waals surface area contributed by atoms with Crippen LogP contribution in [0.1, 0.15) is 33.3 Å². The lowest BCUT2D eigenvalue weighted by Gasteiger charge is -2.04. The van der Waals surface area contributed by atoms with Crippen molar-refractivity contribution in [1.29, 1.82) is 0 Å². The van der Waals surface area contributed by atoms with Gasteiger partial charge in [-0.3, -0.25) is 4.79 Å². The van der Waals surface area contributed by atoms with Crippen molar-refractivity contribution in [3.05, 3.63) is 55.7 Å². The van der Waals surface area contributed by atoms with Gasteiger partial charge in [-0.05, 0) is 72.1 Å². The minimum atomic E-state index is -0.192. The molecule has 0 saturated heterocycles. The second-order valence-corrected chi connectivity index (χ2v) is 7.00. The molecule has 1 N–H and O–H groups in total. The first kappa shape index (κ1) is 14.9. The van der Waals surface area contributed by atoms with Gasteiger partial charge in [0.2, 0.25) is 0 Å². The summed E-state index contributed by atoms with van der Waals surface area (Å²) in [4.78, 5) is 13.1. The van der Waals surface area contributed by atoms with E-state index in [1.807, 2.05) is 51.1 Å². The van der Waals surface area contributed by atoms with Crippen LogP contribution >= 0.6 is 27.3 Å². The Morgan fingerprint density at radius 2 is 1.95 bits per heavy atom. The van der Waals surface area contributed by atoms with Crippen LogP contribution < -0.4 is 5.43 Å². The molecular formula is C15H15BrN2OS. The van der Waals surface area contributed by atoms with Crippen LogP contribution in [0, 0.1) is 13.8 Å². The molecule has 0 spiro atoms. The Morgan fingerprint density at radius 3 is 2.55 bits per heavy atom. The van der Waals surface area contributed by atoms with Crippen molar-refractivity contribution in [3.63, 3.8) is 0 Å². The third-order valence-corrected chi connectivity index (χ3v) is 4.76. The van der Waals surface area contributed by atoms with E-state index in [4.69, 9.17) is 0 Å². The van der Waals surface area contributed by atoms with Crippen molar-refractivity contribution in [3.8, 4) is 0 Å².